The predicted molar refractivity (Wildman–Crippen MR) is 78.0 cm³/mol. The highest BCUT2D eigenvalue weighted by atomic mass is 35.5. The molecule has 1 aromatic carbocycles. The molecule has 102 valence electrons. The number of nitrogens with zero attached hydrogens (tertiary/aromatic N) is 2. The van der Waals surface area contributed by atoms with Crippen LogP contribution in [-0.4, -0.2) is 22.4 Å². The number of benzene rings is 1. The summed E-state index contributed by atoms with van der Waals surface area (Å²) in [5.74, 6) is 0.529. The molecule has 2 aromatic rings. The molecular weight excluding hydrogens is 276 g/mol. The quantitative estimate of drug-likeness (QED) is 0.852. The van der Waals surface area contributed by atoms with Gasteiger partial charge >= 0.3 is 0 Å². The molecule has 2 heterocycles. The molecule has 0 spiro atoms. The first-order valence-electron chi connectivity index (χ1n) is 6.32. The van der Waals surface area contributed by atoms with E-state index in [9.17, 15) is 4.79 Å². The lowest BCUT2D eigenvalue weighted by atomic mass is 9.98. The number of hydrogen-bond acceptors (Lipinski definition) is 4. The number of fused-ring (bicyclic) bond motifs is 1. The number of carbonyl (C=O) groups excluding carboxylic acids is 1. The van der Waals surface area contributed by atoms with Gasteiger partial charge in [0.05, 0.1) is 0 Å². The van der Waals surface area contributed by atoms with Gasteiger partial charge in [0, 0.05) is 30.6 Å². The molecule has 0 aliphatic carbocycles. The largest absolute Gasteiger partial charge is 0.384 e. The number of anilines is 2. The Morgan fingerprint density at radius 1 is 1.40 bits per heavy atom. The number of rotatable bonds is 3. The minimum Gasteiger partial charge on any atom is -0.384 e. The van der Waals surface area contributed by atoms with Crippen molar-refractivity contribution in [1.29, 1.82) is 0 Å². The average Bonchev–Trinajstić information content (AvgIpc) is 2.82. The second-order valence-electron chi connectivity index (χ2n) is 4.64. The van der Waals surface area contributed by atoms with Crippen LogP contribution in [0, 0.1) is 0 Å². The Hall–Kier alpha value is -2.14. The minimum absolute atomic E-state index is 0.0803. The standard InChI is InChI=1S/C14H13ClN4O/c15-12-6-13(18-8-17-12)19-14(20)5-9-7-16-11-4-2-1-3-10(9)11/h1-4,6,8-9,16H,5,7H2,(H,17,18,19,20). The normalized spacial score (nSPS) is 16.4. The number of halogens is 1. The van der Waals surface area contributed by atoms with Crippen LogP contribution >= 0.6 is 11.6 Å². The van der Waals surface area contributed by atoms with Crippen LogP contribution in [0.3, 0.4) is 0 Å². The molecule has 0 fully saturated rings. The SMILES string of the molecule is O=C(CC1CNc2ccccc21)Nc1cc(Cl)ncn1. The predicted octanol–water partition coefficient (Wildman–Crippen LogP) is 2.67. The number of nitrogens with one attached hydrogen (secondary N) is 2. The number of hydrogen-bond donors (Lipinski definition) is 2. The molecule has 2 N–H and O–H groups in total. The van der Waals surface area contributed by atoms with Crippen LogP contribution in [0.15, 0.2) is 36.7 Å². The molecule has 1 atom stereocenters. The fourth-order valence-corrected chi connectivity index (χ4v) is 2.51. The Kier molecular flexibility index (Phi) is 3.52. The van der Waals surface area contributed by atoms with E-state index in [2.05, 4.69) is 26.7 Å². The van der Waals surface area contributed by atoms with Crippen molar-refractivity contribution in [2.75, 3.05) is 17.2 Å². The third-order valence-electron chi connectivity index (χ3n) is 3.27. The van der Waals surface area contributed by atoms with Gasteiger partial charge in [-0.25, -0.2) is 9.97 Å². The van der Waals surface area contributed by atoms with Crippen molar-refractivity contribution >= 4 is 29.0 Å². The molecule has 0 radical (unpaired) electrons. The van der Waals surface area contributed by atoms with Crippen molar-refractivity contribution < 1.29 is 4.79 Å². The second kappa shape index (κ2) is 5.46. The summed E-state index contributed by atoms with van der Waals surface area (Å²) in [7, 11) is 0. The van der Waals surface area contributed by atoms with Gasteiger partial charge in [-0.15, -0.1) is 0 Å². The average molecular weight is 289 g/mol. The van der Waals surface area contributed by atoms with Crippen molar-refractivity contribution in [1.82, 2.24) is 9.97 Å². The van der Waals surface area contributed by atoms with Crippen LogP contribution in [-0.2, 0) is 4.79 Å². The van der Waals surface area contributed by atoms with Gasteiger partial charge in [0.2, 0.25) is 5.91 Å². The van der Waals surface area contributed by atoms with Crippen LogP contribution in [0.4, 0.5) is 11.5 Å². The van der Waals surface area contributed by atoms with E-state index >= 15 is 0 Å². The fourth-order valence-electron chi connectivity index (χ4n) is 2.36. The highest BCUT2D eigenvalue weighted by Crippen LogP contribution is 2.33. The van der Waals surface area contributed by atoms with Crippen molar-refractivity contribution in [2.45, 2.75) is 12.3 Å². The number of aromatic nitrogens is 2. The summed E-state index contributed by atoms with van der Waals surface area (Å²) in [5, 5.41) is 6.35. The van der Waals surface area contributed by atoms with Gasteiger partial charge in [-0.05, 0) is 11.6 Å². The lowest BCUT2D eigenvalue weighted by Gasteiger charge is -2.10. The number of amides is 1. The summed E-state index contributed by atoms with van der Waals surface area (Å²) in [5.41, 5.74) is 2.29. The third-order valence-corrected chi connectivity index (χ3v) is 3.48. The highest BCUT2D eigenvalue weighted by Gasteiger charge is 2.24. The summed E-state index contributed by atoms with van der Waals surface area (Å²) < 4.78 is 0. The topological polar surface area (TPSA) is 66.9 Å². The molecule has 6 heteroatoms. The van der Waals surface area contributed by atoms with Gasteiger partial charge in [-0.3, -0.25) is 4.79 Å². The summed E-state index contributed by atoms with van der Waals surface area (Å²) >= 11 is 5.75. The smallest absolute Gasteiger partial charge is 0.226 e. The van der Waals surface area contributed by atoms with E-state index in [1.54, 1.807) is 0 Å². The van der Waals surface area contributed by atoms with E-state index < -0.39 is 0 Å². The maximum atomic E-state index is 12.0. The molecule has 0 saturated heterocycles. The van der Waals surface area contributed by atoms with Gasteiger partial charge in [0.25, 0.3) is 0 Å². The summed E-state index contributed by atoms with van der Waals surface area (Å²) in [4.78, 5) is 19.8. The first kappa shape index (κ1) is 12.9. The zero-order valence-electron chi connectivity index (χ0n) is 10.6. The first-order valence-corrected chi connectivity index (χ1v) is 6.70. The molecule has 1 unspecified atom stereocenters. The van der Waals surface area contributed by atoms with E-state index in [4.69, 9.17) is 11.6 Å². The van der Waals surface area contributed by atoms with Gasteiger partial charge in [-0.1, -0.05) is 29.8 Å². The molecule has 5 nitrogen and oxygen atoms in total. The number of carbonyl (C=O) groups is 1. The molecule has 3 rings (SSSR count). The van der Waals surface area contributed by atoms with Gasteiger partial charge in [0.15, 0.2) is 0 Å². The first-order chi connectivity index (χ1) is 9.72. The van der Waals surface area contributed by atoms with E-state index in [0.717, 1.165) is 12.2 Å². The van der Waals surface area contributed by atoms with Crippen LogP contribution in [0.5, 0.6) is 0 Å². The van der Waals surface area contributed by atoms with Gasteiger partial charge < -0.3 is 10.6 Å². The fraction of sp³-hybridized carbons (Fsp3) is 0.214. The molecule has 1 aliphatic heterocycles. The Bertz CT molecular complexity index is 647. The van der Waals surface area contributed by atoms with E-state index in [-0.39, 0.29) is 11.8 Å². The molecule has 1 aromatic heterocycles. The summed E-state index contributed by atoms with van der Waals surface area (Å²) in [6.07, 6.45) is 1.73. The zero-order chi connectivity index (χ0) is 13.9. The number of para-hydroxylation sites is 1. The van der Waals surface area contributed by atoms with Crippen molar-refractivity contribution in [2.24, 2.45) is 0 Å². The van der Waals surface area contributed by atoms with Crippen LogP contribution in [0.2, 0.25) is 5.15 Å². The Balaban J connectivity index is 1.66. The second-order valence-corrected chi connectivity index (χ2v) is 5.03. The van der Waals surface area contributed by atoms with Gasteiger partial charge in [-0.2, -0.15) is 0 Å². The lowest BCUT2D eigenvalue weighted by molar-refractivity contribution is -0.116. The van der Waals surface area contributed by atoms with E-state index in [0.29, 0.717) is 17.4 Å². The molecule has 1 aliphatic rings. The van der Waals surface area contributed by atoms with Crippen LogP contribution < -0.4 is 10.6 Å². The Morgan fingerprint density at radius 2 is 2.25 bits per heavy atom. The Morgan fingerprint density at radius 3 is 3.10 bits per heavy atom. The van der Waals surface area contributed by atoms with Crippen LogP contribution in [0.1, 0.15) is 17.9 Å². The Labute approximate surface area is 121 Å². The highest BCUT2D eigenvalue weighted by molar-refractivity contribution is 6.29. The van der Waals surface area contributed by atoms with Crippen molar-refractivity contribution in [3.63, 3.8) is 0 Å². The minimum atomic E-state index is -0.0803. The van der Waals surface area contributed by atoms with Crippen LogP contribution in [0.25, 0.3) is 0 Å². The molecule has 0 saturated carbocycles. The lowest BCUT2D eigenvalue weighted by Crippen LogP contribution is -2.17. The van der Waals surface area contributed by atoms with Gasteiger partial charge in [0.1, 0.15) is 17.3 Å². The van der Waals surface area contributed by atoms with Crippen molar-refractivity contribution in [3.05, 3.63) is 47.4 Å². The van der Waals surface area contributed by atoms with Crippen molar-refractivity contribution in [3.8, 4) is 0 Å². The van der Waals surface area contributed by atoms with E-state index in [1.807, 2.05) is 18.2 Å². The summed E-state index contributed by atoms with van der Waals surface area (Å²) in [6, 6.07) is 9.57. The zero-order valence-corrected chi connectivity index (χ0v) is 11.4. The molecule has 1 amide bonds. The molecule has 20 heavy (non-hydrogen) atoms. The third kappa shape index (κ3) is 2.72. The summed E-state index contributed by atoms with van der Waals surface area (Å²) in [6.45, 7) is 0.775. The monoisotopic (exact) mass is 288 g/mol. The maximum absolute atomic E-state index is 12.0. The molecular formula is C14H13ClN4O. The maximum Gasteiger partial charge on any atom is 0.226 e. The molecule has 0 bridgehead atoms. The van der Waals surface area contributed by atoms with E-state index in [1.165, 1.54) is 18.0 Å².